The van der Waals surface area contributed by atoms with Crippen LogP contribution in [0.15, 0.2) is 24.3 Å². The highest BCUT2D eigenvalue weighted by atomic mass is 32.2. The highest BCUT2D eigenvalue weighted by molar-refractivity contribution is 7.92. The minimum atomic E-state index is -3.52. The van der Waals surface area contributed by atoms with Gasteiger partial charge < -0.3 is 10.4 Å². The van der Waals surface area contributed by atoms with E-state index in [1.165, 1.54) is 0 Å². The molecular weight excluding hydrogens is 354 g/mol. The second kappa shape index (κ2) is 8.66. The summed E-state index contributed by atoms with van der Waals surface area (Å²) in [6.45, 7) is 9.73. The number of carboxylic acids is 1. The predicted octanol–water partition coefficient (Wildman–Crippen LogP) is 2.69. The number of amides is 1. The lowest BCUT2D eigenvalue weighted by Crippen LogP contribution is -2.35. The highest BCUT2D eigenvalue weighted by Gasteiger charge is 2.23. The molecule has 0 saturated carbocycles. The van der Waals surface area contributed by atoms with E-state index in [0.717, 1.165) is 5.56 Å². The molecule has 1 aromatic carbocycles. The molecule has 1 rings (SSSR count). The molecule has 2 N–H and O–H groups in total. The summed E-state index contributed by atoms with van der Waals surface area (Å²) in [6.07, 6.45) is -0.315. The van der Waals surface area contributed by atoms with Gasteiger partial charge in [-0.2, -0.15) is 0 Å². The van der Waals surface area contributed by atoms with Crippen molar-refractivity contribution >= 4 is 21.7 Å². The average molecular weight is 384 g/mol. The molecule has 0 saturated heterocycles. The Morgan fingerprint density at radius 2 is 1.65 bits per heavy atom. The molecular formula is C19H29NO5S. The summed E-state index contributed by atoms with van der Waals surface area (Å²) in [5, 5.41) is 11.7. The molecule has 0 fully saturated rings. The third-order valence-corrected chi connectivity index (χ3v) is 5.71. The van der Waals surface area contributed by atoms with E-state index < -0.39 is 33.5 Å². The van der Waals surface area contributed by atoms with Crippen LogP contribution in [0.25, 0.3) is 0 Å². The van der Waals surface area contributed by atoms with E-state index in [9.17, 15) is 18.0 Å². The Balaban J connectivity index is 2.94. The van der Waals surface area contributed by atoms with Crippen LogP contribution in [0, 0.1) is 5.92 Å². The Morgan fingerprint density at radius 1 is 1.12 bits per heavy atom. The van der Waals surface area contributed by atoms with E-state index in [0.29, 0.717) is 5.56 Å². The minimum Gasteiger partial charge on any atom is -0.481 e. The Hall–Kier alpha value is -1.89. The molecule has 1 amide bonds. The topological polar surface area (TPSA) is 101 Å². The molecule has 26 heavy (non-hydrogen) atoms. The number of rotatable bonds is 8. The van der Waals surface area contributed by atoms with Crippen LogP contribution in [0.5, 0.6) is 0 Å². The number of nitrogens with one attached hydrogen (secondary N) is 1. The third kappa shape index (κ3) is 7.56. The number of hydrogen-bond donors (Lipinski definition) is 2. The van der Waals surface area contributed by atoms with Crippen LogP contribution in [0.1, 0.15) is 58.2 Å². The van der Waals surface area contributed by atoms with Gasteiger partial charge in [-0.05, 0) is 22.5 Å². The van der Waals surface area contributed by atoms with Crippen molar-refractivity contribution in [2.45, 2.75) is 52.5 Å². The van der Waals surface area contributed by atoms with Gasteiger partial charge in [0, 0.05) is 0 Å². The van der Waals surface area contributed by atoms with Crippen LogP contribution in [0.4, 0.5) is 0 Å². The molecule has 0 aromatic heterocycles. The summed E-state index contributed by atoms with van der Waals surface area (Å²) in [4.78, 5) is 23.3. The van der Waals surface area contributed by atoms with Crippen molar-refractivity contribution in [2.24, 2.45) is 5.92 Å². The van der Waals surface area contributed by atoms with Crippen molar-refractivity contribution < 1.29 is 23.1 Å². The van der Waals surface area contributed by atoms with E-state index in [1.54, 1.807) is 26.0 Å². The van der Waals surface area contributed by atoms with Crippen molar-refractivity contribution in [1.29, 1.82) is 0 Å². The van der Waals surface area contributed by atoms with Gasteiger partial charge in [0.25, 0.3) is 0 Å². The normalized spacial score (nSPS) is 13.5. The van der Waals surface area contributed by atoms with Gasteiger partial charge >= 0.3 is 5.97 Å². The largest absolute Gasteiger partial charge is 0.481 e. The lowest BCUT2D eigenvalue weighted by Gasteiger charge is -2.22. The number of carbonyl (C=O) groups excluding carboxylic acids is 1. The maximum absolute atomic E-state index is 12.1. The first-order valence-electron chi connectivity index (χ1n) is 8.62. The molecule has 0 aliphatic rings. The Morgan fingerprint density at radius 3 is 2.08 bits per heavy atom. The first kappa shape index (κ1) is 22.2. The minimum absolute atomic E-state index is 0.0466. The molecule has 1 atom stereocenters. The van der Waals surface area contributed by atoms with Gasteiger partial charge in [-0.25, -0.2) is 8.42 Å². The SMILES string of the molecule is CC(C)CS(=O)(=O)CC(=O)NC(CC(=O)O)c1ccc(C(C)(C)C)cc1. The van der Waals surface area contributed by atoms with Crippen molar-refractivity contribution in [1.82, 2.24) is 5.32 Å². The average Bonchev–Trinajstić information content (AvgIpc) is 2.43. The van der Waals surface area contributed by atoms with E-state index >= 15 is 0 Å². The number of hydrogen-bond acceptors (Lipinski definition) is 4. The maximum atomic E-state index is 12.1. The molecule has 1 aromatic rings. The molecule has 0 aliphatic carbocycles. The van der Waals surface area contributed by atoms with E-state index in [2.05, 4.69) is 26.1 Å². The Kier molecular flexibility index (Phi) is 7.38. The van der Waals surface area contributed by atoms with Crippen molar-refractivity contribution in [3.8, 4) is 0 Å². The van der Waals surface area contributed by atoms with Crippen molar-refractivity contribution in [2.75, 3.05) is 11.5 Å². The van der Waals surface area contributed by atoms with Crippen LogP contribution in [-0.4, -0.2) is 36.9 Å². The van der Waals surface area contributed by atoms with Gasteiger partial charge in [0.2, 0.25) is 5.91 Å². The lowest BCUT2D eigenvalue weighted by atomic mass is 9.86. The fourth-order valence-electron chi connectivity index (χ4n) is 2.64. The smallest absolute Gasteiger partial charge is 0.305 e. The lowest BCUT2D eigenvalue weighted by molar-refractivity contribution is -0.137. The number of carbonyl (C=O) groups is 2. The van der Waals surface area contributed by atoms with Gasteiger partial charge in [0.05, 0.1) is 18.2 Å². The summed E-state index contributed by atoms with van der Waals surface area (Å²) in [7, 11) is -3.52. The zero-order valence-electron chi connectivity index (χ0n) is 16.1. The first-order chi connectivity index (χ1) is 11.8. The molecule has 6 nitrogen and oxygen atoms in total. The number of aliphatic carboxylic acids is 1. The predicted molar refractivity (Wildman–Crippen MR) is 102 cm³/mol. The summed E-state index contributed by atoms with van der Waals surface area (Å²) >= 11 is 0. The van der Waals surface area contributed by atoms with E-state index in [1.807, 2.05) is 12.1 Å². The standard InChI is InChI=1S/C19H29NO5S/c1-13(2)11-26(24,25)12-17(21)20-16(10-18(22)23)14-6-8-15(9-7-14)19(3,4)5/h6-9,13,16H,10-12H2,1-5H3,(H,20,21)(H,22,23). The first-order valence-corrected chi connectivity index (χ1v) is 10.4. The third-order valence-electron chi connectivity index (χ3n) is 3.83. The quantitative estimate of drug-likeness (QED) is 0.719. The summed E-state index contributed by atoms with van der Waals surface area (Å²) in [5.74, 6) is -2.55. The number of benzene rings is 1. The van der Waals surface area contributed by atoms with Gasteiger partial charge in [0.15, 0.2) is 9.84 Å². The second-order valence-corrected chi connectivity index (χ2v) is 10.1. The molecule has 7 heteroatoms. The van der Waals surface area contributed by atoms with Crippen LogP contribution >= 0.6 is 0 Å². The summed E-state index contributed by atoms with van der Waals surface area (Å²) in [5.41, 5.74) is 1.67. The molecule has 0 aliphatic heterocycles. The van der Waals surface area contributed by atoms with Crippen LogP contribution in [0.2, 0.25) is 0 Å². The second-order valence-electron chi connectivity index (χ2n) is 8.04. The molecule has 146 valence electrons. The molecule has 0 spiro atoms. The van der Waals surface area contributed by atoms with Crippen LogP contribution in [-0.2, 0) is 24.8 Å². The molecule has 0 bridgehead atoms. The van der Waals surface area contributed by atoms with Crippen LogP contribution < -0.4 is 5.32 Å². The fourth-order valence-corrected chi connectivity index (χ4v) is 4.26. The molecule has 1 unspecified atom stereocenters. The van der Waals surface area contributed by atoms with E-state index in [-0.39, 0.29) is 23.5 Å². The zero-order chi connectivity index (χ0) is 20.1. The summed E-state index contributed by atoms with van der Waals surface area (Å²) < 4.78 is 23.9. The van der Waals surface area contributed by atoms with Gasteiger partial charge in [-0.3, -0.25) is 9.59 Å². The monoisotopic (exact) mass is 383 g/mol. The fraction of sp³-hybridized carbons (Fsp3) is 0.579. The zero-order valence-corrected chi connectivity index (χ0v) is 16.9. The van der Waals surface area contributed by atoms with Gasteiger partial charge in [-0.15, -0.1) is 0 Å². The van der Waals surface area contributed by atoms with Gasteiger partial charge in [-0.1, -0.05) is 58.9 Å². The van der Waals surface area contributed by atoms with Gasteiger partial charge in [0.1, 0.15) is 5.75 Å². The Labute approximate surface area is 155 Å². The van der Waals surface area contributed by atoms with E-state index in [4.69, 9.17) is 5.11 Å². The molecule has 0 radical (unpaired) electrons. The summed E-state index contributed by atoms with van der Waals surface area (Å²) in [6, 6.07) is 6.56. The van der Waals surface area contributed by atoms with Crippen molar-refractivity contribution in [3.05, 3.63) is 35.4 Å². The maximum Gasteiger partial charge on any atom is 0.305 e. The number of sulfone groups is 1. The van der Waals surface area contributed by atoms with Crippen molar-refractivity contribution in [3.63, 3.8) is 0 Å². The number of carboxylic acid groups (broad SMARTS) is 1. The highest BCUT2D eigenvalue weighted by Crippen LogP contribution is 2.25. The molecule has 0 heterocycles. The van der Waals surface area contributed by atoms with Crippen LogP contribution in [0.3, 0.4) is 0 Å². The Bertz CT molecular complexity index is 730.